The van der Waals surface area contributed by atoms with Crippen molar-refractivity contribution < 1.29 is 9.53 Å². The number of ether oxygens (including phenoxy) is 1. The standard InChI is InChI=1S/C11H18N4O2/c1-2-17-11(16)8-12-7-10-14-13-9-5-3-4-6-15(9)10/h12H,2-8H2,1H3. The fraction of sp³-hybridized carbons (Fsp3) is 0.727. The van der Waals surface area contributed by atoms with Crippen LogP contribution < -0.4 is 5.32 Å². The minimum Gasteiger partial charge on any atom is -0.465 e. The molecule has 0 spiro atoms. The van der Waals surface area contributed by atoms with Crippen molar-refractivity contribution in [3.63, 3.8) is 0 Å². The second-order valence-electron chi connectivity index (χ2n) is 4.05. The van der Waals surface area contributed by atoms with Crippen molar-refractivity contribution in [1.82, 2.24) is 20.1 Å². The third-order valence-corrected chi connectivity index (χ3v) is 2.79. The van der Waals surface area contributed by atoms with E-state index < -0.39 is 0 Å². The summed E-state index contributed by atoms with van der Waals surface area (Å²) in [5, 5.41) is 11.3. The molecule has 0 saturated heterocycles. The quantitative estimate of drug-likeness (QED) is 0.746. The summed E-state index contributed by atoms with van der Waals surface area (Å²) in [7, 11) is 0. The first-order valence-corrected chi connectivity index (χ1v) is 6.08. The second-order valence-corrected chi connectivity index (χ2v) is 4.05. The van der Waals surface area contributed by atoms with E-state index in [0.29, 0.717) is 13.2 Å². The molecular formula is C11H18N4O2. The van der Waals surface area contributed by atoms with Gasteiger partial charge in [-0.3, -0.25) is 10.1 Å². The molecule has 1 aliphatic rings. The number of carbonyl (C=O) groups is 1. The van der Waals surface area contributed by atoms with Gasteiger partial charge in [-0.1, -0.05) is 0 Å². The maximum Gasteiger partial charge on any atom is 0.319 e. The average molecular weight is 238 g/mol. The van der Waals surface area contributed by atoms with Gasteiger partial charge in [0.1, 0.15) is 11.6 Å². The Bertz CT molecular complexity index is 389. The van der Waals surface area contributed by atoms with Gasteiger partial charge in [0.25, 0.3) is 0 Å². The Labute approximate surface area is 100 Å². The molecule has 2 heterocycles. The first-order valence-electron chi connectivity index (χ1n) is 6.08. The van der Waals surface area contributed by atoms with E-state index in [2.05, 4.69) is 20.1 Å². The molecule has 0 bridgehead atoms. The van der Waals surface area contributed by atoms with Gasteiger partial charge in [-0.05, 0) is 19.8 Å². The normalized spacial score (nSPS) is 14.4. The molecule has 0 fully saturated rings. The molecule has 6 heteroatoms. The van der Waals surface area contributed by atoms with Gasteiger partial charge in [0.15, 0.2) is 0 Å². The molecule has 1 aromatic rings. The number of rotatable bonds is 5. The third kappa shape index (κ3) is 3.03. The number of hydrogen-bond donors (Lipinski definition) is 1. The van der Waals surface area contributed by atoms with E-state index in [0.717, 1.165) is 24.6 Å². The van der Waals surface area contributed by atoms with Crippen LogP contribution in [0, 0.1) is 0 Å². The van der Waals surface area contributed by atoms with E-state index in [4.69, 9.17) is 4.74 Å². The third-order valence-electron chi connectivity index (χ3n) is 2.79. The van der Waals surface area contributed by atoms with Crippen LogP contribution in [-0.2, 0) is 29.0 Å². The Balaban J connectivity index is 1.83. The van der Waals surface area contributed by atoms with E-state index in [9.17, 15) is 4.79 Å². The predicted molar refractivity (Wildman–Crippen MR) is 61.3 cm³/mol. The van der Waals surface area contributed by atoms with Crippen LogP contribution in [0.15, 0.2) is 0 Å². The van der Waals surface area contributed by atoms with Crippen LogP contribution in [-0.4, -0.2) is 33.9 Å². The summed E-state index contributed by atoms with van der Waals surface area (Å²) >= 11 is 0. The molecule has 0 aromatic carbocycles. The molecule has 0 radical (unpaired) electrons. The molecule has 1 aliphatic heterocycles. The first kappa shape index (κ1) is 12.0. The van der Waals surface area contributed by atoms with Crippen molar-refractivity contribution in [3.05, 3.63) is 11.6 Å². The van der Waals surface area contributed by atoms with Gasteiger partial charge in [-0.25, -0.2) is 0 Å². The molecule has 0 atom stereocenters. The first-order chi connectivity index (χ1) is 8.31. The maximum atomic E-state index is 11.1. The molecule has 6 nitrogen and oxygen atoms in total. The number of esters is 1. The summed E-state index contributed by atoms with van der Waals surface area (Å²) in [5.74, 6) is 1.74. The SMILES string of the molecule is CCOC(=O)CNCc1nnc2n1CCCC2. The molecule has 0 unspecified atom stereocenters. The lowest BCUT2D eigenvalue weighted by molar-refractivity contribution is -0.142. The minimum absolute atomic E-state index is 0.218. The van der Waals surface area contributed by atoms with Crippen LogP contribution in [0.5, 0.6) is 0 Å². The highest BCUT2D eigenvalue weighted by Crippen LogP contribution is 2.13. The highest BCUT2D eigenvalue weighted by molar-refractivity contribution is 5.71. The van der Waals surface area contributed by atoms with Gasteiger partial charge in [0.05, 0.1) is 19.7 Å². The van der Waals surface area contributed by atoms with Crippen LogP contribution in [0.3, 0.4) is 0 Å². The van der Waals surface area contributed by atoms with E-state index in [-0.39, 0.29) is 12.5 Å². The topological polar surface area (TPSA) is 69.0 Å². The molecule has 1 aromatic heterocycles. The maximum absolute atomic E-state index is 11.1. The summed E-state index contributed by atoms with van der Waals surface area (Å²) in [6.45, 7) is 3.98. The van der Waals surface area contributed by atoms with Crippen LogP contribution in [0.4, 0.5) is 0 Å². The Kier molecular flexibility index (Phi) is 4.08. The molecule has 0 amide bonds. The number of aryl methyl sites for hydroxylation is 1. The second kappa shape index (κ2) is 5.77. The lowest BCUT2D eigenvalue weighted by Gasteiger charge is -2.14. The van der Waals surface area contributed by atoms with Gasteiger partial charge in [-0.15, -0.1) is 10.2 Å². The number of nitrogens with one attached hydrogen (secondary N) is 1. The Morgan fingerprint density at radius 1 is 1.47 bits per heavy atom. The van der Waals surface area contributed by atoms with E-state index in [1.807, 2.05) is 0 Å². The van der Waals surface area contributed by atoms with E-state index in [1.54, 1.807) is 6.92 Å². The number of fused-ring (bicyclic) bond motifs is 1. The molecule has 1 N–H and O–H groups in total. The Morgan fingerprint density at radius 3 is 3.18 bits per heavy atom. The molecule has 94 valence electrons. The van der Waals surface area contributed by atoms with Gasteiger partial charge in [-0.2, -0.15) is 0 Å². The summed E-state index contributed by atoms with van der Waals surface area (Å²) in [5.41, 5.74) is 0. The van der Waals surface area contributed by atoms with Crippen molar-refractivity contribution in [1.29, 1.82) is 0 Å². The van der Waals surface area contributed by atoms with Crippen LogP contribution in [0.2, 0.25) is 0 Å². The largest absolute Gasteiger partial charge is 0.465 e. The van der Waals surface area contributed by atoms with Crippen LogP contribution >= 0.6 is 0 Å². The lowest BCUT2D eigenvalue weighted by Crippen LogP contribution is -2.26. The highest BCUT2D eigenvalue weighted by atomic mass is 16.5. The monoisotopic (exact) mass is 238 g/mol. The molecule has 0 saturated carbocycles. The van der Waals surface area contributed by atoms with Crippen LogP contribution in [0.1, 0.15) is 31.4 Å². The molecule has 0 aliphatic carbocycles. The van der Waals surface area contributed by atoms with Crippen molar-refractivity contribution in [3.8, 4) is 0 Å². The van der Waals surface area contributed by atoms with Gasteiger partial charge in [0, 0.05) is 13.0 Å². The van der Waals surface area contributed by atoms with Crippen molar-refractivity contribution in [2.75, 3.05) is 13.2 Å². The summed E-state index contributed by atoms with van der Waals surface area (Å²) in [6, 6.07) is 0. The lowest BCUT2D eigenvalue weighted by atomic mass is 10.2. The number of aromatic nitrogens is 3. The fourth-order valence-corrected chi connectivity index (χ4v) is 1.99. The fourth-order valence-electron chi connectivity index (χ4n) is 1.99. The van der Waals surface area contributed by atoms with Crippen molar-refractivity contribution >= 4 is 5.97 Å². The van der Waals surface area contributed by atoms with Gasteiger partial charge < -0.3 is 9.30 Å². The molecular weight excluding hydrogens is 220 g/mol. The smallest absolute Gasteiger partial charge is 0.319 e. The van der Waals surface area contributed by atoms with Gasteiger partial charge >= 0.3 is 5.97 Å². The highest BCUT2D eigenvalue weighted by Gasteiger charge is 2.15. The van der Waals surface area contributed by atoms with E-state index in [1.165, 1.54) is 12.8 Å². The Hall–Kier alpha value is -1.43. The average Bonchev–Trinajstić information content (AvgIpc) is 2.73. The number of hydrogen-bond acceptors (Lipinski definition) is 5. The zero-order valence-corrected chi connectivity index (χ0v) is 10.1. The summed E-state index contributed by atoms with van der Waals surface area (Å²) in [6.07, 6.45) is 3.37. The van der Waals surface area contributed by atoms with Crippen molar-refractivity contribution in [2.24, 2.45) is 0 Å². The van der Waals surface area contributed by atoms with E-state index >= 15 is 0 Å². The molecule has 2 rings (SSSR count). The summed E-state index contributed by atoms with van der Waals surface area (Å²) < 4.78 is 6.97. The zero-order chi connectivity index (χ0) is 12.1. The van der Waals surface area contributed by atoms with Gasteiger partial charge in [0.2, 0.25) is 0 Å². The Morgan fingerprint density at radius 2 is 2.35 bits per heavy atom. The number of carbonyl (C=O) groups excluding carboxylic acids is 1. The summed E-state index contributed by atoms with van der Waals surface area (Å²) in [4.78, 5) is 11.1. The molecule has 17 heavy (non-hydrogen) atoms. The number of nitrogens with zero attached hydrogens (tertiary/aromatic N) is 3. The predicted octanol–water partition coefficient (Wildman–Crippen LogP) is 0.267. The van der Waals surface area contributed by atoms with Crippen molar-refractivity contribution in [2.45, 2.75) is 39.3 Å². The minimum atomic E-state index is -0.231. The zero-order valence-electron chi connectivity index (χ0n) is 10.1. The van der Waals surface area contributed by atoms with Crippen LogP contribution in [0.25, 0.3) is 0 Å².